The van der Waals surface area contributed by atoms with Gasteiger partial charge in [0.1, 0.15) is 0 Å². The Labute approximate surface area is 136 Å². The number of thiazole rings is 1. The van der Waals surface area contributed by atoms with Crippen molar-refractivity contribution >= 4 is 17.3 Å². The highest BCUT2D eigenvalue weighted by Gasteiger charge is 2.04. The quantitative estimate of drug-likeness (QED) is 0.636. The van der Waals surface area contributed by atoms with E-state index >= 15 is 0 Å². The van der Waals surface area contributed by atoms with Gasteiger partial charge in [0.15, 0.2) is 5.96 Å². The van der Waals surface area contributed by atoms with E-state index in [0.717, 1.165) is 31.2 Å². The Kier molecular flexibility index (Phi) is 6.40. The van der Waals surface area contributed by atoms with Gasteiger partial charge in [0.05, 0.1) is 17.2 Å². The third-order valence-electron chi connectivity index (χ3n) is 3.31. The number of aliphatic imine (C=N–C) groups is 1. The second-order valence-electron chi connectivity index (χ2n) is 5.11. The third-order valence-corrected chi connectivity index (χ3v) is 4.44. The molecule has 0 aliphatic heterocycles. The van der Waals surface area contributed by atoms with Crippen molar-refractivity contribution in [2.24, 2.45) is 4.99 Å². The fourth-order valence-corrected chi connectivity index (χ4v) is 2.96. The van der Waals surface area contributed by atoms with Gasteiger partial charge in [-0.2, -0.15) is 0 Å². The molecule has 0 amide bonds. The predicted octanol–water partition coefficient (Wildman–Crippen LogP) is 3.06. The summed E-state index contributed by atoms with van der Waals surface area (Å²) in [6.07, 6.45) is 0.926. The molecule has 0 saturated heterocycles. The van der Waals surface area contributed by atoms with Crippen LogP contribution >= 0.6 is 11.3 Å². The van der Waals surface area contributed by atoms with E-state index in [-0.39, 0.29) is 0 Å². The summed E-state index contributed by atoms with van der Waals surface area (Å²) < 4.78 is 0. The first kappa shape index (κ1) is 16.5. The van der Waals surface area contributed by atoms with Gasteiger partial charge >= 0.3 is 0 Å². The Morgan fingerprint density at radius 3 is 2.59 bits per heavy atom. The highest BCUT2D eigenvalue weighted by atomic mass is 32.1. The van der Waals surface area contributed by atoms with Gasteiger partial charge in [-0.15, -0.1) is 11.3 Å². The van der Waals surface area contributed by atoms with Crippen LogP contribution < -0.4 is 10.6 Å². The molecule has 0 unspecified atom stereocenters. The molecule has 5 heteroatoms. The number of nitrogens with one attached hydrogen (secondary N) is 2. The Morgan fingerprint density at radius 2 is 1.95 bits per heavy atom. The summed E-state index contributed by atoms with van der Waals surface area (Å²) in [6, 6.07) is 10.3. The van der Waals surface area contributed by atoms with E-state index < -0.39 is 0 Å². The summed E-state index contributed by atoms with van der Waals surface area (Å²) in [5, 5.41) is 7.83. The zero-order valence-corrected chi connectivity index (χ0v) is 14.3. The van der Waals surface area contributed by atoms with Crippen molar-refractivity contribution in [3.63, 3.8) is 0 Å². The van der Waals surface area contributed by atoms with Crippen LogP contribution in [0.2, 0.25) is 0 Å². The van der Waals surface area contributed by atoms with Crippen molar-refractivity contribution < 1.29 is 0 Å². The standard InChI is InChI=1S/C17H24N4S/c1-4-18-17(20-12-15-8-6-5-7-9-15)19-11-10-16-21-13(2)14(3)22-16/h5-9H,4,10-12H2,1-3H3,(H2,18,19,20). The summed E-state index contributed by atoms with van der Waals surface area (Å²) in [7, 11) is 0. The number of benzene rings is 1. The smallest absolute Gasteiger partial charge is 0.191 e. The second kappa shape index (κ2) is 8.54. The van der Waals surface area contributed by atoms with E-state index in [4.69, 9.17) is 0 Å². The maximum atomic E-state index is 4.62. The highest BCUT2D eigenvalue weighted by molar-refractivity contribution is 7.11. The van der Waals surface area contributed by atoms with Crippen LogP contribution in [0, 0.1) is 13.8 Å². The van der Waals surface area contributed by atoms with Crippen molar-refractivity contribution in [2.75, 3.05) is 13.1 Å². The van der Waals surface area contributed by atoms with Crippen LogP contribution in [0.4, 0.5) is 0 Å². The van der Waals surface area contributed by atoms with Crippen LogP contribution in [0.15, 0.2) is 35.3 Å². The lowest BCUT2D eigenvalue weighted by Gasteiger charge is -2.10. The molecule has 1 aromatic carbocycles. The number of nitrogens with zero attached hydrogens (tertiary/aromatic N) is 2. The molecule has 0 aliphatic carbocycles. The molecule has 22 heavy (non-hydrogen) atoms. The van der Waals surface area contributed by atoms with Crippen molar-refractivity contribution in [1.29, 1.82) is 0 Å². The van der Waals surface area contributed by atoms with Gasteiger partial charge in [-0.3, -0.25) is 0 Å². The van der Waals surface area contributed by atoms with Gasteiger partial charge in [-0.1, -0.05) is 30.3 Å². The predicted molar refractivity (Wildman–Crippen MR) is 94.6 cm³/mol. The molecule has 0 fully saturated rings. The van der Waals surface area contributed by atoms with Gasteiger partial charge in [-0.05, 0) is 26.3 Å². The minimum atomic E-state index is 0.686. The zero-order valence-electron chi connectivity index (χ0n) is 13.5. The molecule has 0 aliphatic rings. The van der Waals surface area contributed by atoms with E-state index in [2.05, 4.69) is 53.5 Å². The fraction of sp³-hybridized carbons (Fsp3) is 0.412. The first-order chi connectivity index (χ1) is 10.7. The Balaban J connectivity index is 1.85. The van der Waals surface area contributed by atoms with Gasteiger partial charge in [-0.25, -0.2) is 9.98 Å². The highest BCUT2D eigenvalue weighted by Crippen LogP contribution is 2.16. The molecule has 0 radical (unpaired) electrons. The van der Waals surface area contributed by atoms with Crippen LogP contribution in [0.3, 0.4) is 0 Å². The molecule has 2 aromatic rings. The number of hydrogen-bond acceptors (Lipinski definition) is 3. The normalized spacial score (nSPS) is 11.5. The van der Waals surface area contributed by atoms with Gasteiger partial charge < -0.3 is 10.6 Å². The molecule has 0 spiro atoms. The van der Waals surface area contributed by atoms with Crippen LogP contribution in [0.1, 0.15) is 28.1 Å². The lowest BCUT2D eigenvalue weighted by molar-refractivity contribution is 0.795. The molecule has 1 heterocycles. The summed E-state index contributed by atoms with van der Waals surface area (Å²) in [5.41, 5.74) is 2.36. The number of aromatic nitrogens is 1. The summed E-state index contributed by atoms with van der Waals surface area (Å²) in [4.78, 5) is 10.5. The Morgan fingerprint density at radius 1 is 1.18 bits per heavy atom. The topological polar surface area (TPSA) is 49.3 Å². The van der Waals surface area contributed by atoms with Crippen LogP contribution in [-0.2, 0) is 13.0 Å². The average molecular weight is 316 g/mol. The average Bonchev–Trinajstić information content (AvgIpc) is 2.84. The minimum absolute atomic E-state index is 0.686. The molecular weight excluding hydrogens is 292 g/mol. The van der Waals surface area contributed by atoms with Gasteiger partial charge in [0.2, 0.25) is 0 Å². The minimum Gasteiger partial charge on any atom is -0.357 e. The molecule has 4 nitrogen and oxygen atoms in total. The van der Waals surface area contributed by atoms with Crippen molar-refractivity contribution in [1.82, 2.24) is 15.6 Å². The maximum absolute atomic E-state index is 4.62. The van der Waals surface area contributed by atoms with Crippen molar-refractivity contribution in [2.45, 2.75) is 33.7 Å². The van der Waals surface area contributed by atoms with Gasteiger partial charge in [0.25, 0.3) is 0 Å². The SMILES string of the molecule is CCNC(=NCc1ccccc1)NCCc1nc(C)c(C)s1. The monoisotopic (exact) mass is 316 g/mol. The lowest BCUT2D eigenvalue weighted by atomic mass is 10.2. The molecular formula is C17H24N4S. The maximum Gasteiger partial charge on any atom is 0.191 e. The third kappa shape index (κ3) is 5.15. The van der Waals surface area contributed by atoms with E-state index in [1.54, 1.807) is 11.3 Å². The summed E-state index contributed by atoms with van der Waals surface area (Å²) in [5.74, 6) is 0.858. The molecule has 2 N–H and O–H groups in total. The number of rotatable bonds is 6. The van der Waals surface area contributed by atoms with Gasteiger partial charge in [0, 0.05) is 24.4 Å². The van der Waals surface area contributed by atoms with Crippen molar-refractivity contribution in [3.8, 4) is 0 Å². The van der Waals surface area contributed by atoms with E-state index in [1.807, 2.05) is 18.2 Å². The molecule has 0 saturated carbocycles. The Bertz CT molecular complexity index is 585. The second-order valence-corrected chi connectivity index (χ2v) is 6.39. The number of hydrogen-bond donors (Lipinski definition) is 2. The first-order valence-electron chi connectivity index (χ1n) is 7.68. The largest absolute Gasteiger partial charge is 0.357 e. The summed E-state index contributed by atoms with van der Waals surface area (Å²) in [6.45, 7) is 8.64. The van der Waals surface area contributed by atoms with E-state index in [1.165, 1.54) is 15.4 Å². The lowest BCUT2D eigenvalue weighted by Crippen LogP contribution is -2.38. The van der Waals surface area contributed by atoms with Crippen LogP contribution in [0.5, 0.6) is 0 Å². The number of aryl methyl sites for hydroxylation is 2. The summed E-state index contributed by atoms with van der Waals surface area (Å²) >= 11 is 1.78. The molecule has 2 rings (SSSR count). The molecule has 1 aromatic heterocycles. The van der Waals surface area contributed by atoms with E-state index in [0.29, 0.717) is 6.54 Å². The first-order valence-corrected chi connectivity index (χ1v) is 8.49. The molecule has 0 atom stereocenters. The van der Waals surface area contributed by atoms with Crippen LogP contribution in [-0.4, -0.2) is 24.0 Å². The zero-order chi connectivity index (χ0) is 15.8. The molecule has 0 bridgehead atoms. The van der Waals surface area contributed by atoms with Crippen molar-refractivity contribution in [3.05, 3.63) is 51.5 Å². The number of guanidine groups is 1. The van der Waals surface area contributed by atoms with Crippen LogP contribution in [0.25, 0.3) is 0 Å². The fourth-order valence-electron chi connectivity index (χ4n) is 2.03. The van der Waals surface area contributed by atoms with E-state index in [9.17, 15) is 0 Å². The molecule has 118 valence electrons. The Hall–Kier alpha value is -1.88.